The molecule has 0 spiro atoms. The number of thiophene rings is 1. The van der Waals surface area contributed by atoms with Crippen LogP contribution >= 0.6 is 11.3 Å². The highest BCUT2D eigenvalue weighted by Crippen LogP contribution is 2.46. The van der Waals surface area contributed by atoms with Crippen LogP contribution in [0.3, 0.4) is 0 Å². The molecule has 40 heavy (non-hydrogen) atoms. The summed E-state index contributed by atoms with van der Waals surface area (Å²) in [6.45, 7) is 7.69. The maximum absolute atomic E-state index is 13.5. The van der Waals surface area contributed by atoms with E-state index in [1.807, 2.05) is 69.3 Å². The maximum Gasteiger partial charge on any atom is 0.331 e. The fourth-order valence-corrected chi connectivity index (χ4v) is 6.00. The van der Waals surface area contributed by atoms with E-state index in [-0.39, 0.29) is 18.0 Å². The predicted octanol–water partition coefficient (Wildman–Crippen LogP) is 6.60. The van der Waals surface area contributed by atoms with E-state index in [2.05, 4.69) is 20.9 Å². The molecule has 9 nitrogen and oxygen atoms in total. The molecule has 1 saturated heterocycles. The Balaban J connectivity index is 0.00000158. The van der Waals surface area contributed by atoms with Crippen LogP contribution in [-0.4, -0.2) is 43.2 Å². The lowest BCUT2D eigenvalue weighted by Gasteiger charge is -2.30. The van der Waals surface area contributed by atoms with Crippen molar-refractivity contribution in [2.24, 2.45) is 0 Å². The number of carbonyl (C=O) groups excluding carboxylic acids is 2. The van der Waals surface area contributed by atoms with Crippen LogP contribution in [-0.2, 0) is 0 Å². The van der Waals surface area contributed by atoms with Gasteiger partial charge in [0.25, 0.3) is 5.91 Å². The lowest BCUT2D eigenvalue weighted by atomic mass is 10.1. The van der Waals surface area contributed by atoms with E-state index in [0.717, 1.165) is 36.9 Å². The van der Waals surface area contributed by atoms with Crippen molar-refractivity contribution in [2.45, 2.75) is 39.7 Å². The number of ether oxygens (including phenoxy) is 2. The number of rotatable bonds is 6. The van der Waals surface area contributed by atoms with Crippen molar-refractivity contribution in [3.05, 3.63) is 65.2 Å². The molecule has 2 aromatic heterocycles. The van der Waals surface area contributed by atoms with Gasteiger partial charge in [-0.2, -0.15) is 0 Å². The first kappa shape index (κ1) is 27.4. The summed E-state index contributed by atoms with van der Waals surface area (Å²) >= 11 is 1.30. The average molecular weight is 560 g/mol. The number of para-hydroxylation sites is 2. The highest BCUT2D eigenvalue weighted by atomic mass is 32.1. The maximum atomic E-state index is 13.5. The van der Waals surface area contributed by atoms with Gasteiger partial charge in [0.05, 0.1) is 29.6 Å². The molecule has 0 radical (unpaired) electrons. The molecule has 3 amide bonds. The molecule has 6 rings (SSSR count). The van der Waals surface area contributed by atoms with Gasteiger partial charge in [0, 0.05) is 12.2 Å². The number of benzene rings is 2. The largest absolute Gasteiger partial charge is 0.493 e. The third-order valence-corrected chi connectivity index (χ3v) is 7.93. The van der Waals surface area contributed by atoms with Gasteiger partial charge in [0.1, 0.15) is 15.5 Å². The number of pyridine rings is 1. The fraction of sp³-hybridized carbons (Fsp3) is 0.300. The van der Waals surface area contributed by atoms with Crippen LogP contribution in [0.25, 0.3) is 10.2 Å². The molecule has 0 unspecified atom stereocenters. The molecular weight excluding hydrogens is 526 g/mol. The van der Waals surface area contributed by atoms with Crippen LogP contribution in [0.2, 0.25) is 0 Å². The lowest BCUT2D eigenvalue weighted by molar-refractivity contribution is 0.0934. The monoisotopic (exact) mass is 559 g/mol. The van der Waals surface area contributed by atoms with E-state index >= 15 is 0 Å². The molecule has 0 aliphatic carbocycles. The minimum atomic E-state index is -0.333. The van der Waals surface area contributed by atoms with Crippen molar-refractivity contribution >= 4 is 50.6 Å². The Morgan fingerprint density at radius 2 is 1.82 bits per heavy atom. The quantitative estimate of drug-likeness (QED) is 0.246. The number of amides is 3. The van der Waals surface area contributed by atoms with Crippen molar-refractivity contribution in [3.8, 4) is 17.2 Å². The number of urea groups is 1. The summed E-state index contributed by atoms with van der Waals surface area (Å²) < 4.78 is 11.4. The first-order valence-corrected chi connectivity index (χ1v) is 14.3. The third kappa shape index (κ3) is 5.20. The molecule has 2 aromatic carbocycles. The first-order valence-electron chi connectivity index (χ1n) is 13.5. The highest BCUT2D eigenvalue weighted by Gasteiger charge is 2.33. The molecule has 10 heteroatoms. The zero-order valence-electron chi connectivity index (χ0n) is 23.0. The smallest absolute Gasteiger partial charge is 0.331 e. The molecule has 0 atom stereocenters. The van der Waals surface area contributed by atoms with Gasteiger partial charge in [-0.05, 0) is 74.8 Å². The van der Waals surface area contributed by atoms with E-state index in [1.165, 1.54) is 11.3 Å². The summed E-state index contributed by atoms with van der Waals surface area (Å²) in [6, 6.07) is 14.6. The second-order valence-electron chi connectivity index (χ2n) is 9.28. The van der Waals surface area contributed by atoms with Crippen LogP contribution in [0, 0.1) is 6.92 Å². The van der Waals surface area contributed by atoms with Gasteiger partial charge >= 0.3 is 6.03 Å². The zero-order valence-corrected chi connectivity index (χ0v) is 23.9. The minimum Gasteiger partial charge on any atom is -0.493 e. The molecule has 0 saturated carbocycles. The summed E-state index contributed by atoms with van der Waals surface area (Å²) in [4.78, 5) is 34.0. The van der Waals surface area contributed by atoms with Gasteiger partial charge in [-0.3, -0.25) is 9.69 Å². The molecule has 4 heterocycles. The van der Waals surface area contributed by atoms with Gasteiger partial charge in [0.2, 0.25) is 0 Å². The Morgan fingerprint density at radius 3 is 2.55 bits per heavy atom. The normalized spacial score (nSPS) is 14.7. The Hall–Kier alpha value is -4.15. The number of hydrogen-bond donors (Lipinski definition) is 3. The minimum absolute atomic E-state index is 0.114. The highest BCUT2D eigenvalue weighted by molar-refractivity contribution is 7.21. The number of hydrogen-bond acceptors (Lipinski definition) is 7. The van der Waals surface area contributed by atoms with E-state index < -0.39 is 0 Å². The van der Waals surface area contributed by atoms with Crippen molar-refractivity contribution in [1.29, 1.82) is 0 Å². The zero-order chi connectivity index (χ0) is 28.2. The van der Waals surface area contributed by atoms with Crippen LogP contribution in [0.4, 0.5) is 21.9 Å². The van der Waals surface area contributed by atoms with Crippen LogP contribution in [0.15, 0.2) is 54.7 Å². The van der Waals surface area contributed by atoms with E-state index in [1.54, 1.807) is 18.2 Å². The number of nitrogens with one attached hydrogen (secondary N) is 3. The fourth-order valence-electron chi connectivity index (χ4n) is 4.97. The van der Waals surface area contributed by atoms with E-state index in [0.29, 0.717) is 44.0 Å². The molecule has 1 fully saturated rings. The lowest BCUT2D eigenvalue weighted by Crippen LogP contribution is -2.43. The van der Waals surface area contributed by atoms with Gasteiger partial charge in [-0.25, -0.2) is 9.78 Å². The number of nitrogens with zero attached hydrogens (tertiary/aromatic N) is 2. The van der Waals surface area contributed by atoms with E-state index in [9.17, 15) is 9.59 Å². The Morgan fingerprint density at radius 1 is 1.07 bits per heavy atom. The van der Waals surface area contributed by atoms with Crippen LogP contribution < -0.4 is 30.3 Å². The number of piperidine rings is 1. The number of aryl methyl sites for hydroxylation is 1. The SMILES string of the molecule is CC.COc1ccccc1Oc1ccc(N2C(=O)Nc3c(C(=O)NC4CCNCC4)sc4nccc2c34)c(C)c1. The topological polar surface area (TPSA) is 105 Å². The Kier molecular flexibility index (Phi) is 8.18. The third-order valence-electron chi connectivity index (χ3n) is 6.83. The van der Waals surface area contributed by atoms with Gasteiger partial charge in [0.15, 0.2) is 11.5 Å². The number of anilines is 3. The summed E-state index contributed by atoms with van der Waals surface area (Å²) in [5.74, 6) is 1.69. The molecule has 2 aliphatic heterocycles. The molecule has 3 N–H and O–H groups in total. The van der Waals surface area contributed by atoms with Crippen molar-refractivity contribution in [3.63, 3.8) is 0 Å². The number of carbonyl (C=O) groups is 2. The molecule has 4 aromatic rings. The summed E-state index contributed by atoms with van der Waals surface area (Å²) in [6.07, 6.45) is 3.43. The van der Waals surface area contributed by atoms with Gasteiger partial charge < -0.3 is 25.4 Å². The van der Waals surface area contributed by atoms with E-state index in [4.69, 9.17) is 9.47 Å². The molecule has 2 aliphatic rings. The molecular formula is C30H33N5O4S. The second kappa shape index (κ2) is 11.9. The van der Waals surface area contributed by atoms with Gasteiger partial charge in [-0.15, -0.1) is 11.3 Å². The summed E-state index contributed by atoms with van der Waals surface area (Å²) in [5.41, 5.74) is 2.77. The van der Waals surface area contributed by atoms with Gasteiger partial charge in [-0.1, -0.05) is 26.0 Å². The second-order valence-corrected chi connectivity index (χ2v) is 10.3. The average Bonchev–Trinajstić information content (AvgIpc) is 3.35. The van der Waals surface area contributed by atoms with Crippen molar-refractivity contribution in [1.82, 2.24) is 15.6 Å². The first-order chi connectivity index (χ1) is 19.5. The Bertz CT molecular complexity index is 1550. The standard InChI is InChI=1S/C28H27N5O4S.C2H6/c1-16-15-18(37-22-6-4-3-5-21(22)36-2)7-8-19(16)33-20-11-14-30-27-23(20)24(32-28(33)35)25(38-27)26(34)31-17-9-12-29-13-10-17;1-2/h3-8,11,14-15,17,29H,9-10,12-13H2,1-2H3,(H,31,34)(H,32,35);1-2H3. The Labute approximate surface area is 237 Å². The van der Waals surface area contributed by atoms with Crippen LogP contribution in [0.1, 0.15) is 41.9 Å². The molecule has 208 valence electrons. The van der Waals surface area contributed by atoms with Crippen LogP contribution in [0.5, 0.6) is 17.2 Å². The number of aromatic nitrogens is 1. The predicted molar refractivity (Wildman–Crippen MR) is 160 cm³/mol. The summed E-state index contributed by atoms with van der Waals surface area (Å²) in [5, 5.41) is 10.2. The molecule has 0 bridgehead atoms. The number of methoxy groups -OCH3 is 1. The summed E-state index contributed by atoms with van der Waals surface area (Å²) in [7, 11) is 1.60. The van der Waals surface area contributed by atoms with Crippen molar-refractivity contribution < 1.29 is 19.1 Å². The van der Waals surface area contributed by atoms with Crippen molar-refractivity contribution in [2.75, 3.05) is 30.4 Å².